The number of aliphatic hydroxyl groups is 2. The predicted octanol–water partition coefficient (Wildman–Crippen LogP) is 0.938. The van der Waals surface area contributed by atoms with E-state index in [9.17, 15) is 9.59 Å². The van der Waals surface area contributed by atoms with Crippen LogP contribution in [0.1, 0.15) is 59.5 Å². The molecule has 7 nitrogen and oxygen atoms in total. The molecule has 1 aliphatic rings. The molecule has 0 amide bonds. The first-order valence-electron chi connectivity index (χ1n) is 8.53. The Bertz CT molecular complexity index is 713. The molecule has 1 aliphatic carbocycles. The van der Waals surface area contributed by atoms with Crippen molar-refractivity contribution in [1.82, 2.24) is 0 Å². The van der Waals surface area contributed by atoms with E-state index in [1.807, 2.05) is 0 Å². The average Bonchev–Trinajstić information content (AvgIpc) is 2.58. The number of carbonyl (C=O) groups is 2. The van der Waals surface area contributed by atoms with Gasteiger partial charge in [-0.05, 0) is 27.7 Å². The van der Waals surface area contributed by atoms with Gasteiger partial charge in [-0.3, -0.25) is 9.59 Å². The van der Waals surface area contributed by atoms with Crippen LogP contribution < -0.4 is 0 Å². The summed E-state index contributed by atoms with van der Waals surface area (Å²) in [7, 11) is -2.17. The Hall–Kier alpha value is -2.36. The lowest BCUT2D eigenvalue weighted by Gasteiger charge is -2.31. The Balaban J connectivity index is 0.000000276. The van der Waals surface area contributed by atoms with Crippen molar-refractivity contribution in [2.75, 3.05) is 0 Å². The summed E-state index contributed by atoms with van der Waals surface area (Å²) >= 11 is 0. The Kier molecular flexibility index (Phi) is 7.80. The van der Waals surface area contributed by atoms with E-state index in [4.69, 9.17) is 25.3 Å². The van der Waals surface area contributed by atoms with Crippen molar-refractivity contribution in [3.8, 4) is 0 Å². The molecule has 0 spiro atoms. The van der Waals surface area contributed by atoms with Crippen molar-refractivity contribution in [3.05, 3.63) is 70.8 Å². The molecule has 28 heavy (non-hydrogen) atoms. The maximum absolute atomic E-state index is 12.1. The SMILES string of the molecule is CC(C)(O)C(C)(C)O.O=C1c2ccccc2C(=O)c2ccccc21.OB(O)O. The van der Waals surface area contributed by atoms with Gasteiger partial charge >= 0.3 is 7.32 Å². The van der Waals surface area contributed by atoms with Crippen LogP contribution in [0.3, 0.4) is 0 Å². The van der Waals surface area contributed by atoms with Gasteiger partial charge in [-0.1, -0.05) is 48.5 Å². The van der Waals surface area contributed by atoms with Gasteiger partial charge in [-0.15, -0.1) is 0 Å². The van der Waals surface area contributed by atoms with Gasteiger partial charge in [0.25, 0.3) is 0 Å². The minimum Gasteiger partial charge on any atom is -0.402 e. The quantitative estimate of drug-likeness (QED) is 0.392. The van der Waals surface area contributed by atoms with Gasteiger partial charge in [0.15, 0.2) is 11.6 Å². The molecular formula is C20H25BO7. The Morgan fingerprint density at radius 2 is 0.786 bits per heavy atom. The van der Waals surface area contributed by atoms with Gasteiger partial charge in [-0.2, -0.15) is 0 Å². The van der Waals surface area contributed by atoms with Gasteiger partial charge in [0, 0.05) is 22.3 Å². The second kappa shape index (κ2) is 9.23. The molecular weight excluding hydrogens is 363 g/mol. The molecule has 0 radical (unpaired) electrons. The standard InChI is InChI=1S/C14H8O2.C6H14O2.BH3O3/c15-13-9-5-1-2-6-10(9)14(16)12-8-4-3-7-11(12)13;1-5(2,7)6(3,4)8;2-1(3)4/h1-8H;7-8H,1-4H3;2-4H. The molecule has 0 saturated carbocycles. The molecule has 0 atom stereocenters. The average molecular weight is 388 g/mol. The number of benzene rings is 2. The molecule has 2 aromatic carbocycles. The minimum atomic E-state index is -2.17. The van der Waals surface area contributed by atoms with Crippen LogP contribution in [0.2, 0.25) is 0 Å². The number of fused-ring (bicyclic) bond motifs is 2. The predicted molar refractivity (Wildman–Crippen MR) is 105 cm³/mol. The summed E-state index contributed by atoms with van der Waals surface area (Å²) in [5, 5.41) is 39.7. The maximum atomic E-state index is 12.1. The first kappa shape index (κ1) is 23.7. The minimum absolute atomic E-state index is 0.0641. The third-order valence-corrected chi connectivity index (χ3v) is 4.33. The van der Waals surface area contributed by atoms with Crippen LogP contribution in [0.4, 0.5) is 0 Å². The first-order chi connectivity index (χ1) is 12.8. The zero-order valence-corrected chi connectivity index (χ0v) is 16.2. The molecule has 2 aromatic rings. The van der Waals surface area contributed by atoms with E-state index in [2.05, 4.69) is 0 Å². The summed E-state index contributed by atoms with van der Waals surface area (Å²) in [4.78, 5) is 24.2. The largest absolute Gasteiger partial charge is 0.631 e. The van der Waals surface area contributed by atoms with Gasteiger partial charge in [-0.25, -0.2) is 0 Å². The summed E-state index contributed by atoms with van der Waals surface area (Å²) < 4.78 is 0. The molecule has 0 saturated heterocycles. The van der Waals surface area contributed by atoms with E-state index < -0.39 is 18.5 Å². The summed E-state index contributed by atoms with van der Waals surface area (Å²) in [5.41, 5.74) is 0.00907. The molecule has 150 valence electrons. The molecule has 0 aliphatic heterocycles. The van der Waals surface area contributed by atoms with E-state index in [0.29, 0.717) is 22.3 Å². The van der Waals surface area contributed by atoms with Crippen LogP contribution >= 0.6 is 0 Å². The molecule has 0 unspecified atom stereocenters. The van der Waals surface area contributed by atoms with Gasteiger partial charge < -0.3 is 25.3 Å². The van der Waals surface area contributed by atoms with Crippen LogP contribution in [-0.2, 0) is 0 Å². The molecule has 3 rings (SSSR count). The van der Waals surface area contributed by atoms with Gasteiger partial charge in [0.2, 0.25) is 0 Å². The van der Waals surface area contributed by atoms with Crippen LogP contribution in [0.25, 0.3) is 0 Å². The fraction of sp³-hybridized carbons (Fsp3) is 0.300. The summed E-state index contributed by atoms with van der Waals surface area (Å²) in [6.07, 6.45) is 0. The second-order valence-corrected chi connectivity index (χ2v) is 7.21. The second-order valence-electron chi connectivity index (χ2n) is 7.21. The van der Waals surface area contributed by atoms with Crippen LogP contribution in [0.15, 0.2) is 48.5 Å². The summed E-state index contributed by atoms with van der Waals surface area (Å²) in [6.45, 7) is 6.31. The number of hydrogen-bond donors (Lipinski definition) is 5. The third-order valence-electron chi connectivity index (χ3n) is 4.33. The normalized spacial score (nSPS) is 12.6. The highest BCUT2D eigenvalue weighted by Crippen LogP contribution is 2.26. The highest BCUT2D eigenvalue weighted by molar-refractivity contribution is 6.30. The smallest absolute Gasteiger partial charge is 0.402 e. The molecule has 0 aromatic heterocycles. The Morgan fingerprint density at radius 3 is 0.929 bits per heavy atom. The lowest BCUT2D eigenvalue weighted by Crippen LogP contribution is -2.44. The molecule has 8 heteroatoms. The molecule has 0 bridgehead atoms. The summed E-state index contributed by atoms with van der Waals surface area (Å²) in [5.74, 6) is -0.128. The van der Waals surface area contributed by atoms with E-state index >= 15 is 0 Å². The lowest BCUT2D eigenvalue weighted by molar-refractivity contribution is -0.107. The summed E-state index contributed by atoms with van der Waals surface area (Å²) in [6, 6.07) is 13.9. The van der Waals surface area contributed by atoms with E-state index in [0.717, 1.165) is 0 Å². The topological polar surface area (TPSA) is 135 Å². The zero-order chi connectivity index (χ0) is 21.7. The Morgan fingerprint density at radius 1 is 0.607 bits per heavy atom. The van der Waals surface area contributed by atoms with Crippen LogP contribution in [0, 0.1) is 0 Å². The van der Waals surface area contributed by atoms with Crippen molar-refractivity contribution in [3.63, 3.8) is 0 Å². The van der Waals surface area contributed by atoms with E-state index in [1.54, 1.807) is 76.2 Å². The number of rotatable bonds is 1. The van der Waals surface area contributed by atoms with Gasteiger partial charge in [0.05, 0.1) is 11.2 Å². The molecule has 0 heterocycles. The fourth-order valence-corrected chi connectivity index (χ4v) is 2.05. The van der Waals surface area contributed by atoms with Crippen LogP contribution in [-0.4, -0.2) is 55.4 Å². The van der Waals surface area contributed by atoms with Gasteiger partial charge in [0.1, 0.15) is 0 Å². The maximum Gasteiger partial charge on any atom is 0.631 e. The number of hydrogen-bond acceptors (Lipinski definition) is 7. The lowest BCUT2D eigenvalue weighted by atomic mass is 9.84. The monoisotopic (exact) mass is 388 g/mol. The van der Waals surface area contributed by atoms with Crippen molar-refractivity contribution in [1.29, 1.82) is 0 Å². The molecule has 5 N–H and O–H groups in total. The Labute approximate surface area is 164 Å². The fourth-order valence-electron chi connectivity index (χ4n) is 2.05. The van der Waals surface area contributed by atoms with Crippen molar-refractivity contribution in [2.24, 2.45) is 0 Å². The van der Waals surface area contributed by atoms with E-state index in [1.165, 1.54) is 0 Å². The molecule has 0 fully saturated rings. The van der Waals surface area contributed by atoms with E-state index in [-0.39, 0.29) is 11.6 Å². The van der Waals surface area contributed by atoms with Crippen molar-refractivity contribution >= 4 is 18.9 Å². The van der Waals surface area contributed by atoms with Crippen LogP contribution in [0.5, 0.6) is 0 Å². The van der Waals surface area contributed by atoms with Crippen molar-refractivity contribution in [2.45, 2.75) is 38.9 Å². The zero-order valence-electron chi connectivity index (χ0n) is 16.2. The third kappa shape index (κ3) is 6.08. The first-order valence-corrected chi connectivity index (χ1v) is 8.53. The highest BCUT2D eigenvalue weighted by Gasteiger charge is 2.32. The number of carbonyl (C=O) groups excluding carboxylic acids is 2. The highest BCUT2D eigenvalue weighted by atomic mass is 16.5. The van der Waals surface area contributed by atoms with Crippen molar-refractivity contribution < 1.29 is 34.9 Å². The number of ketones is 2.